The molecule has 1 unspecified atom stereocenters. The lowest BCUT2D eigenvalue weighted by atomic mass is 9.93. The second kappa shape index (κ2) is 12.3. The highest BCUT2D eigenvalue weighted by Gasteiger charge is 2.36. The molecule has 0 saturated carbocycles. The van der Waals surface area contributed by atoms with Gasteiger partial charge in [-0.3, -0.25) is 9.59 Å². The molecule has 1 aromatic rings. The lowest BCUT2D eigenvalue weighted by molar-refractivity contribution is -0.884. The summed E-state index contributed by atoms with van der Waals surface area (Å²) >= 11 is 0. The van der Waals surface area contributed by atoms with Crippen LogP contribution in [0.1, 0.15) is 31.4 Å². The van der Waals surface area contributed by atoms with Crippen LogP contribution in [0.15, 0.2) is 24.3 Å². The Balaban J connectivity index is 2.44. The Kier molecular flexibility index (Phi) is 10.4. The highest BCUT2D eigenvalue weighted by atomic mass is 16.7. The van der Waals surface area contributed by atoms with E-state index in [1.54, 1.807) is 0 Å². The average molecular weight is 441 g/mol. The van der Waals surface area contributed by atoms with Gasteiger partial charge in [0.05, 0.1) is 41.0 Å². The predicted molar refractivity (Wildman–Crippen MR) is 112 cm³/mol. The zero-order valence-corrected chi connectivity index (χ0v) is 19.0. The molecule has 1 atom stereocenters. The SMILES string of the molecule is CC(=O)OCCCOC(=O)OCC(C)(CO)C(=O)OCc1ccc(C[N+](C)(C)C)cc1. The van der Waals surface area contributed by atoms with E-state index < -0.39 is 36.7 Å². The quantitative estimate of drug-likeness (QED) is 0.228. The Morgan fingerprint density at radius 2 is 1.52 bits per heavy atom. The van der Waals surface area contributed by atoms with Crippen molar-refractivity contribution in [3.8, 4) is 0 Å². The number of ether oxygens (including phenoxy) is 4. The van der Waals surface area contributed by atoms with Crippen LogP contribution in [0.2, 0.25) is 0 Å². The van der Waals surface area contributed by atoms with Crippen LogP contribution in [-0.2, 0) is 41.7 Å². The van der Waals surface area contributed by atoms with E-state index in [0.29, 0.717) is 6.42 Å². The maximum absolute atomic E-state index is 12.4. The standard InChI is InChI=1S/C22H34NO8/c1-17(25)28-11-6-12-29-21(27)31-16-22(2,15-24)20(26)30-14-19-9-7-18(8-10-19)13-23(3,4)5/h7-10,24H,6,11-16H2,1-5H3/q+1. The first-order valence-electron chi connectivity index (χ1n) is 10.0. The number of benzene rings is 1. The molecular formula is C22H34NO8+. The van der Waals surface area contributed by atoms with Gasteiger partial charge in [-0.25, -0.2) is 4.79 Å². The van der Waals surface area contributed by atoms with Crippen LogP contribution < -0.4 is 0 Å². The first-order chi connectivity index (χ1) is 14.4. The molecule has 0 heterocycles. The van der Waals surface area contributed by atoms with E-state index in [1.807, 2.05) is 24.3 Å². The molecule has 0 aliphatic carbocycles. The molecule has 0 fully saturated rings. The number of aliphatic hydroxyl groups is 1. The molecule has 0 aromatic heterocycles. The summed E-state index contributed by atoms with van der Waals surface area (Å²) in [5, 5.41) is 9.63. The van der Waals surface area contributed by atoms with E-state index in [1.165, 1.54) is 19.4 Å². The molecule has 0 amide bonds. The molecule has 174 valence electrons. The van der Waals surface area contributed by atoms with E-state index in [0.717, 1.165) is 16.6 Å². The Morgan fingerprint density at radius 1 is 0.935 bits per heavy atom. The zero-order chi connectivity index (χ0) is 23.5. The van der Waals surface area contributed by atoms with Crippen LogP contribution in [0.5, 0.6) is 0 Å². The number of rotatable bonds is 12. The van der Waals surface area contributed by atoms with Gasteiger partial charge < -0.3 is 28.5 Å². The molecule has 0 aliphatic rings. The molecule has 0 spiro atoms. The van der Waals surface area contributed by atoms with Gasteiger partial charge >= 0.3 is 18.1 Å². The van der Waals surface area contributed by atoms with Gasteiger partial charge in [0.1, 0.15) is 25.2 Å². The van der Waals surface area contributed by atoms with Crippen molar-refractivity contribution in [1.82, 2.24) is 0 Å². The van der Waals surface area contributed by atoms with E-state index in [9.17, 15) is 19.5 Å². The van der Waals surface area contributed by atoms with Crippen molar-refractivity contribution in [2.75, 3.05) is 47.6 Å². The predicted octanol–water partition coefficient (Wildman–Crippen LogP) is 2.04. The third-order valence-electron chi connectivity index (χ3n) is 4.21. The molecule has 9 heteroatoms. The van der Waals surface area contributed by atoms with Crippen molar-refractivity contribution in [2.45, 2.75) is 33.4 Å². The molecule has 0 aliphatic heterocycles. The van der Waals surface area contributed by atoms with Crippen LogP contribution >= 0.6 is 0 Å². The van der Waals surface area contributed by atoms with Gasteiger partial charge in [0.2, 0.25) is 0 Å². The van der Waals surface area contributed by atoms with Crippen LogP contribution in [0.3, 0.4) is 0 Å². The summed E-state index contributed by atoms with van der Waals surface area (Å²) in [6.07, 6.45) is -0.662. The Bertz CT molecular complexity index is 726. The smallest absolute Gasteiger partial charge is 0.466 e. The number of quaternary nitrogens is 1. The third-order valence-corrected chi connectivity index (χ3v) is 4.21. The molecule has 0 bridgehead atoms. The second-order valence-electron chi connectivity index (χ2n) is 8.64. The monoisotopic (exact) mass is 440 g/mol. The maximum Gasteiger partial charge on any atom is 0.508 e. The molecule has 0 saturated heterocycles. The van der Waals surface area contributed by atoms with Gasteiger partial charge in [0.15, 0.2) is 0 Å². The van der Waals surface area contributed by atoms with Crippen molar-refractivity contribution < 1.29 is 42.9 Å². The molecule has 1 aromatic carbocycles. The summed E-state index contributed by atoms with van der Waals surface area (Å²) in [6, 6.07) is 7.74. The minimum atomic E-state index is -1.42. The van der Waals surface area contributed by atoms with Gasteiger partial charge in [0, 0.05) is 18.9 Å². The molecule has 1 N–H and O–H groups in total. The Hall–Kier alpha value is -2.65. The maximum atomic E-state index is 12.4. The van der Waals surface area contributed by atoms with Crippen molar-refractivity contribution in [1.29, 1.82) is 0 Å². The van der Waals surface area contributed by atoms with Gasteiger partial charge in [-0.05, 0) is 12.5 Å². The first kappa shape index (κ1) is 26.4. The molecule has 31 heavy (non-hydrogen) atoms. The number of esters is 2. The third kappa shape index (κ3) is 10.8. The number of hydrogen-bond donors (Lipinski definition) is 1. The van der Waals surface area contributed by atoms with Crippen LogP contribution in [0.4, 0.5) is 4.79 Å². The summed E-state index contributed by atoms with van der Waals surface area (Å²) < 4.78 is 20.6. The minimum Gasteiger partial charge on any atom is -0.466 e. The number of hydrogen-bond acceptors (Lipinski definition) is 8. The average Bonchev–Trinajstić information content (AvgIpc) is 2.69. The summed E-state index contributed by atoms with van der Waals surface area (Å²) in [7, 11) is 6.31. The zero-order valence-electron chi connectivity index (χ0n) is 19.0. The molecule has 9 nitrogen and oxygen atoms in total. The van der Waals surface area contributed by atoms with Gasteiger partial charge in [-0.1, -0.05) is 24.3 Å². The lowest BCUT2D eigenvalue weighted by Gasteiger charge is -2.24. The first-order valence-corrected chi connectivity index (χ1v) is 10.0. The van der Waals surface area contributed by atoms with Crippen molar-refractivity contribution >= 4 is 18.1 Å². The second-order valence-corrected chi connectivity index (χ2v) is 8.64. The number of aliphatic hydroxyl groups excluding tert-OH is 1. The van der Waals surface area contributed by atoms with Gasteiger partial charge in [-0.2, -0.15) is 0 Å². The van der Waals surface area contributed by atoms with Crippen LogP contribution in [0, 0.1) is 5.41 Å². The van der Waals surface area contributed by atoms with Gasteiger partial charge in [-0.15, -0.1) is 0 Å². The normalized spacial score (nSPS) is 13.1. The molecule has 0 radical (unpaired) electrons. The summed E-state index contributed by atoms with van der Waals surface area (Å²) in [4.78, 5) is 34.7. The van der Waals surface area contributed by atoms with E-state index in [2.05, 4.69) is 21.1 Å². The Labute approximate surface area is 183 Å². The highest BCUT2D eigenvalue weighted by molar-refractivity contribution is 5.77. The fourth-order valence-corrected chi connectivity index (χ4v) is 2.47. The number of carbonyl (C=O) groups excluding carboxylic acids is 3. The Morgan fingerprint density at radius 3 is 2.06 bits per heavy atom. The fourth-order valence-electron chi connectivity index (χ4n) is 2.47. The molecule has 1 rings (SSSR count). The number of nitrogens with zero attached hydrogens (tertiary/aromatic N) is 1. The van der Waals surface area contributed by atoms with Crippen LogP contribution in [-0.4, -0.2) is 75.3 Å². The van der Waals surface area contributed by atoms with E-state index in [-0.39, 0.29) is 19.8 Å². The van der Waals surface area contributed by atoms with Crippen LogP contribution in [0.25, 0.3) is 0 Å². The summed E-state index contributed by atoms with van der Waals surface area (Å²) in [5.74, 6) is -1.10. The van der Waals surface area contributed by atoms with E-state index in [4.69, 9.17) is 18.9 Å². The topological polar surface area (TPSA) is 108 Å². The van der Waals surface area contributed by atoms with Crippen molar-refractivity contribution in [2.24, 2.45) is 5.41 Å². The highest BCUT2D eigenvalue weighted by Crippen LogP contribution is 2.20. The minimum absolute atomic E-state index is 0.00348. The fraction of sp³-hybridized carbons (Fsp3) is 0.591. The van der Waals surface area contributed by atoms with E-state index >= 15 is 0 Å². The number of carbonyl (C=O) groups is 3. The molecular weight excluding hydrogens is 406 g/mol. The lowest BCUT2D eigenvalue weighted by Crippen LogP contribution is -2.38. The van der Waals surface area contributed by atoms with Crippen molar-refractivity contribution in [3.05, 3.63) is 35.4 Å². The summed E-state index contributed by atoms with van der Waals surface area (Å²) in [5.41, 5.74) is 0.565. The van der Waals surface area contributed by atoms with Gasteiger partial charge in [0.25, 0.3) is 0 Å². The largest absolute Gasteiger partial charge is 0.508 e. The van der Waals surface area contributed by atoms with Crippen molar-refractivity contribution in [3.63, 3.8) is 0 Å². The summed E-state index contributed by atoms with van der Waals surface area (Å²) in [6.45, 7) is 2.80.